The average Bonchev–Trinajstić information content (AvgIpc) is 2.36. The first-order valence-corrected chi connectivity index (χ1v) is 5.54. The SMILES string of the molecule is COc1cc(NCC(N)CN)c(OC)cc1C. The molecule has 0 aromatic heterocycles. The molecule has 1 rings (SSSR count). The molecule has 0 radical (unpaired) electrons. The maximum atomic E-state index is 5.75. The molecule has 5 nitrogen and oxygen atoms in total. The predicted molar refractivity (Wildman–Crippen MR) is 69.8 cm³/mol. The van der Waals surface area contributed by atoms with Gasteiger partial charge in [0.05, 0.1) is 19.9 Å². The molecule has 5 heteroatoms. The molecule has 5 N–H and O–H groups in total. The summed E-state index contributed by atoms with van der Waals surface area (Å²) in [5.74, 6) is 1.59. The number of hydrogen-bond acceptors (Lipinski definition) is 5. The lowest BCUT2D eigenvalue weighted by Gasteiger charge is -2.16. The van der Waals surface area contributed by atoms with Crippen molar-refractivity contribution in [3.8, 4) is 11.5 Å². The van der Waals surface area contributed by atoms with Crippen LogP contribution in [-0.2, 0) is 0 Å². The van der Waals surface area contributed by atoms with Gasteiger partial charge in [-0.05, 0) is 18.6 Å². The Balaban J connectivity index is 2.88. The lowest BCUT2D eigenvalue weighted by Crippen LogP contribution is -2.36. The highest BCUT2D eigenvalue weighted by Gasteiger charge is 2.09. The van der Waals surface area contributed by atoms with Crippen LogP contribution in [0.1, 0.15) is 5.56 Å². The fourth-order valence-corrected chi connectivity index (χ4v) is 1.51. The van der Waals surface area contributed by atoms with Gasteiger partial charge in [0, 0.05) is 25.2 Å². The molecule has 96 valence electrons. The van der Waals surface area contributed by atoms with Crippen LogP contribution in [0.3, 0.4) is 0 Å². The second-order valence-electron chi connectivity index (χ2n) is 3.90. The first kappa shape index (κ1) is 13.6. The van der Waals surface area contributed by atoms with Crippen molar-refractivity contribution in [3.63, 3.8) is 0 Å². The third kappa shape index (κ3) is 3.51. The first-order valence-electron chi connectivity index (χ1n) is 5.54. The van der Waals surface area contributed by atoms with Crippen LogP contribution in [0.5, 0.6) is 11.5 Å². The molecule has 0 saturated carbocycles. The topological polar surface area (TPSA) is 82.5 Å². The summed E-state index contributed by atoms with van der Waals surface area (Å²) >= 11 is 0. The molecular weight excluding hydrogens is 218 g/mol. The molecule has 17 heavy (non-hydrogen) atoms. The highest BCUT2D eigenvalue weighted by molar-refractivity contribution is 5.62. The Morgan fingerprint density at radius 2 is 1.88 bits per heavy atom. The number of anilines is 1. The zero-order chi connectivity index (χ0) is 12.8. The molecule has 0 saturated heterocycles. The zero-order valence-electron chi connectivity index (χ0n) is 10.6. The van der Waals surface area contributed by atoms with E-state index < -0.39 is 0 Å². The number of benzene rings is 1. The van der Waals surface area contributed by atoms with Crippen molar-refractivity contribution in [2.75, 3.05) is 32.6 Å². The van der Waals surface area contributed by atoms with Crippen molar-refractivity contribution in [2.24, 2.45) is 11.5 Å². The van der Waals surface area contributed by atoms with Crippen molar-refractivity contribution in [1.82, 2.24) is 0 Å². The van der Waals surface area contributed by atoms with Gasteiger partial charge in [0.2, 0.25) is 0 Å². The van der Waals surface area contributed by atoms with Crippen LogP contribution >= 0.6 is 0 Å². The van der Waals surface area contributed by atoms with Crippen LogP contribution in [0.2, 0.25) is 0 Å². The van der Waals surface area contributed by atoms with Gasteiger partial charge in [0.1, 0.15) is 11.5 Å². The summed E-state index contributed by atoms with van der Waals surface area (Å²) < 4.78 is 10.6. The van der Waals surface area contributed by atoms with E-state index in [1.165, 1.54) is 0 Å². The maximum absolute atomic E-state index is 5.75. The van der Waals surface area contributed by atoms with Crippen LogP contribution in [0, 0.1) is 6.92 Å². The molecule has 0 aliphatic carbocycles. The van der Waals surface area contributed by atoms with Crippen LogP contribution in [0.25, 0.3) is 0 Å². The number of nitrogens with two attached hydrogens (primary N) is 2. The van der Waals surface area contributed by atoms with E-state index in [0.29, 0.717) is 13.1 Å². The van der Waals surface area contributed by atoms with Crippen molar-refractivity contribution < 1.29 is 9.47 Å². The molecule has 0 heterocycles. The standard InChI is InChI=1S/C12H21N3O2/c1-8-4-12(17-3)10(5-11(8)16-2)15-7-9(14)6-13/h4-5,9,15H,6-7,13-14H2,1-3H3. The van der Waals surface area contributed by atoms with Crippen molar-refractivity contribution >= 4 is 5.69 Å². The third-order valence-electron chi connectivity index (χ3n) is 2.57. The van der Waals surface area contributed by atoms with E-state index >= 15 is 0 Å². The second kappa shape index (κ2) is 6.32. The average molecular weight is 239 g/mol. The van der Waals surface area contributed by atoms with E-state index in [4.69, 9.17) is 20.9 Å². The maximum Gasteiger partial charge on any atom is 0.142 e. The Morgan fingerprint density at radius 1 is 1.24 bits per heavy atom. The van der Waals surface area contributed by atoms with Crippen LogP contribution in [0.15, 0.2) is 12.1 Å². The summed E-state index contributed by atoms with van der Waals surface area (Å²) in [6.07, 6.45) is 0. The van der Waals surface area contributed by atoms with Gasteiger partial charge in [0.25, 0.3) is 0 Å². The van der Waals surface area contributed by atoms with Crippen LogP contribution in [-0.4, -0.2) is 33.4 Å². The number of ether oxygens (including phenoxy) is 2. The Hall–Kier alpha value is -1.46. The highest BCUT2D eigenvalue weighted by Crippen LogP contribution is 2.32. The normalized spacial score (nSPS) is 12.1. The Bertz CT molecular complexity index is 369. The molecule has 0 fully saturated rings. The number of hydrogen-bond donors (Lipinski definition) is 3. The van der Waals surface area contributed by atoms with Crippen LogP contribution in [0.4, 0.5) is 5.69 Å². The first-order chi connectivity index (χ1) is 8.12. The Kier molecular flexibility index (Phi) is 5.06. The number of nitrogens with one attached hydrogen (secondary N) is 1. The molecule has 1 aromatic rings. The number of aryl methyl sites for hydroxylation is 1. The summed E-state index contributed by atoms with van der Waals surface area (Å²) in [6, 6.07) is 3.75. The molecule has 1 atom stereocenters. The minimum atomic E-state index is -0.0768. The molecule has 1 aromatic carbocycles. The van der Waals surface area contributed by atoms with E-state index in [1.54, 1.807) is 14.2 Å². The molecule has 0 spiro atoms. The predicted octanol–water partition coefficient (Wildman–Crippen LogP) is 0.710. The quantitative estimate of drug-likeness (QED) is 0.681. The minimum absolute atomic E-state index is 0.0768. The fraction of sp³-hybridized carbons (Fsp3) is 0.500. The van der Waals surface area contributed by atoms with E-state index in [0.717, 1.165) is 22.7 Å². The Labute approximate surface area is 102 Å². The lowest BCUT2D eigenvalue weighted by molar-refractivity contribution is 0.401. The largest absolute Gasteiger partial charge is 0.496 e. The van der Waals surface area contributed by atoms with Gasteiger partial charge in [-0.15, -0.1) is 0 Å². The summed E-state index contributed by atoms with van der Waals surface area (Å²) in [7, 11) is 3.28. The smallest absolute Gasteiger partial charge is 0.142 e. The van der Waals surface area contributed by atoms with E-state index in [-0.39, 0.29) is 6.04 Å². The number of rotatable bonds is 6. The van der Waals surface area contributed by atoms with E-state index in [2.05, 4.69) is 5.32 Å². The Morgan fingerprint density at radius 3 is 2.41 bits per heavy atom. The molecule has 0 aliphatic heterocycles. The molecule has 0 aliphatic rings. The van der Waals surface area contributed by atoms with Crippen molar-refractivity contribution in [1.29, 1.82) is 0 Å². The molecule has 0 bridgehead atoms. The van der Waals surface area contributed by atoms with E-state index in [1.807, 2.05) is 19.1 Å². The monoisotopic (exact) mass is 239 g/mol. The summed E-state index contributed by atoms with van der Waals surface area (Å²) in [6.45, 7) is 3.01. The minimum Gasteiger partial charge on any atom is -0.496 e. The molecule has 0 amide bonds. The van der Waals surface area contributed by atoms with Gasteiger partial charge < -0.3 is 26.3 Å². The van der Waals surface area contributed by atoms with Gasteiger partial charge in [0.15, 0.2) is 0 Å². The highest BCUT2D eigenvalue weighted by atomic mass is 16.5. The van der Waals surface area contributed by atoms with E-state index in [9.17, 15) is 0 Å². The fourth-order valence-electron chi connectivity index (χ4n) is 1.51. The van der Waals surface area contributed by atoms with Crippen molar-refractivity contribution in [3.05, 3.63) is 17.7 Å². The molecule has 1 unspecified atom stereocenters. The van der Waals surface area contributed by atoms with Gasteiger partial charge in [-0.1, -0.05) is 0 Å². The van der Waals surface area contributed by atoms with Gasteiger partial charge in [-0.25, -0.2) is 0 Å². The number of methoxy groups -OCH3 is 2. The van der Waals surface area contributed by atoms with Gasteiger partial charge in [-0.3, -0.25) is 0 Å². The van der Waals surface area contributed by atoms with Crippen LogP contribution < -0.4 is 26.3 Å². The zero-order valence-corrected chi connectivity index (χ0v) is 10.6. The summed E-state index contributed by atoms with van der Waals surface area (Å²) in [4.78, 5) is 0. The van der Waals surface area contributed by atoms with Gasteiger partial charge in [-0.2, -0.15) is 0 Å². The summed E-state index contributed by atoms with van der Waals surface area (Å²) in [5, 5.41) is 3.21. The molecular formula is C12H21N3O2. The third-order valence-corrected chi connectivity index (χ3v) is 2.57. The second-order valence-corrected chi connectivity index (χ2v) is 3.90. The lowest BCUT2D eigenvalue weighted by atomic mass is 10.1. The van der Waals surface area contributed by atoms with Crippen molar-refractivity contribution in [2.45, 2.75) is 13.0 Å². The summed E-state index contributed by atoms with van der Waals surface area (Å²) in [5.41, 5.74) is 13.1. The van der Waals surface area contributed by atoms with Gasteiger partial charge >= 0.3 is 0 Å².